The second kappa shape index (κ2) is 10.8. The Kier molecular flexibility index (Phi) is 8.00. The fraction of sp³-hybridized carbons (Fsp3) is 0.640. The first-order valence-corrected chi connectivity index (χ1v) is 13.0. The van der Waals surface area contributed by atoms with E-state index in [1.54, 1.807) is 25.3 Å². The minimum Gasteiger partial charge on any atom is -0.464 e. The molecule has 1 saturated carbocycles. The zero-order valence-corrected chi connectivity index (χ0v) is 21.1. The number of carbonyl (C=O) groups is 1. The standard InChI is InChI=1S/C25H33F3N4O2S/c1-17-19(4-3-12-29-17)22(33)30-18-5-9-25(28,10-6-18)11-15-32-13-7-20-21(8-14-32)35-23(31-20)34-16-24(2,26)27/h3-4,12,18H,5-11,13-16H2,1-2H3,(H,30,33)/t18-,25+. The molecule has 35 heavy (non-hydrogen) atoms. The molecule has 0 spiro atoms. The van der Waals surface area contributed by atoms with Gasteiger partial charge in [-0.25, -0.2) is 18.2 Å². The second-order valence-corrected chi connectivity index (χ2v) is 10.9. The molecule has 0 radical (unpaired) electrons. The van der Waals surface area contributed by atoms with Crippen LogP contribution in [0, 0.1) is 6.92 Å². The largest absolute Gasteiger partial charge is 0.464 e. The number of nitrogens with one attached hydrogen (secondary N) is 1. The van der Waals surface area contributed by atoms with Crippen molar-refractivity contribution in [2.45, 2.75) is 76.4 Å². The molecule has 0 bridgehead atoms. The molecule has 1 aliphatic carbocycles. The number of alkyl halides is 3. The average Bonchev–Trinajstić information content (AvgIpc) is 3.11. The van der Waals surface area contributed by atoms with Gasteiger partial charge in [-0.2, -0.15) is 0 Å². The Labute approximate surface area is 208 Å². The van der Waals surface area contributed by atoms with Crippen molar-refractivity contribution in [3.63, 3.8) is 0 Å². The van der Waals surface area contributed by atoms with Gasteiger partial charge in [0.15, 0.2) is 6.61 Å². The van der Waals surface area contributed by atoms with Crippen LogP contribution in [-0.4, -0.2) is 64.6 Å². The number of pyridine rings is 1. The van der Waals surface area contributed by atoms with Crippen molar-refractivity contribution >= 4 is 17.2 Å². The molecule has 2 aromatic heterocycles. The van der Waals surface area contributed by atoms with Crippen LogP contribution in [-0.2, 0) is 12.8 Å². The Balaban J connectivity index is 1.20. The lowest BCUT2D eigenvalue weighted by atomic mass is 9.81. The van der Waals surface area contributed by atoms with E-state index in [2.05, 4.69) is 20.2 Å². The van der Waals surface area contributed by atoms with Gasteiger partial charge in [-0.15, -0.1) is 0 Å². The molecule has 10 heteroatoms. The van der Waals surface area contributed by atoms with Gasteiger partial charge >= 0.3 is 0 Å². The first kappa shape index (κ1) is 25.9. The summed E-state index contributed by atoms with van der Waals surface area (Å²) in [5.41, 5.74) is 0.944. The van der Waals surface area contributed by atoms with Gasteiger partial charge in [-0.05, 0) is 57.6 Å². The Morgan fingerprint density at radius 2 is 2.06 bits per heavy atom. The lowest BCUT2D eigenvalue weighted by Crippen LogP contribution is -2.43. The van der Waals surface area contributed by atoms with Crippen molar-refractivity contribution in [3.8, 4) is 5.19 Å². The maximum absolute atomic E-state index is 15.5. The number of ether oxygens (including phenoxy) is 1. The number of halogens is 3. The summed E-state index contributed by atoms with van der Waals surface area (Å²) < 4.78 is 46.8. The monoisotopic (exact) mass is 510 g/mol. The number of carbonyl (C=O) groups excluding carboxylic acids is 1. The molecule has 192 valence electrons. The molecule has 6 nitrogen and oxygen atoms in total. The Hall–Kier alpha value is -2.20. The van der Waals surface area contributed by atoms with Crippen molar-refractivity contribution in [3.05, 3.63) is 40.2 Å². The average molecular weight is 511 g/mol. The normalized spacial score (nSPS) is 23.4. The fourth-order valence-corrected chi connectivity index (χ4v) is 5.68. The summed E-state index contributed by atoms with van der Waals surface area (Å²) in [4.78, 5) is 24.4. The highest BCUT2D eigenvalue weighted by Crippen LogP contribution is 2.36. The van der Waals surface area contributed by atoms with Crippen LogP contribution in [0.4, 0.5) is 13.2 Å². The number of nitrogens with zero attached hydrogens (tertiary/aromatic N) is 3. The first-order chi connectivity index (χ1) is 16.6. The van der Waals surface area contributed by atoms with E-state index >= 15 is 4.39 Å². The summed E-state index contributed by atoms with van der Waals surface area (Å²) in [5.74, 6) is -3.03. The Morgan fingerprint density at radius 1 is 1.31 bits per heavy atom. The molecule has 1 aliphatic heterocycles. The zero-order chi connectivity index (χ0) is 25.1. The van der Waals surface area contributed by atoms with Gasteiger partial charge < -0.3 is 15.0 Å². The topological polar surface area (TPSA) is 67.4 Å². The molecule has 0 saturated heterocycles. The molecule has 0 atom stereocenters. The number of aromatic nitrogens is 2. The van der Waals surface area contributed by atoms with E-state index in [1.807, 2.05) is 0 Å². The molecule has 1 fully saturated rings. The summed E-state index contributed by atoms with van der Waals surface area (Å²) >= 11 is 1.34. The Morgan fingerprint density at radius 3 is 2.77 bits per heavy atom. The lowest BCUT2D eigenvalue weighted by Gasteiger charge is -2.35. The van der Waals surface area contributed by atoms with E-state index in [9.17, 15) is 13.6 Å². The van der Waals surface area contributed by atoms with Crippen molar-refractivity contribution in [1.82, 2.24) is 20.2 Å². The van der Waals surface area contributed by atoms with Crippen LogP contribution in [0.1, 0.15) is 65.7 Å². The van der Waals surface area contributed by atoms with E-state index in [-0.39, 0.29) is 11.9 Å². The van der Waals surface area contributed by atoms with Gasteiger partial charge in [0.2, 0.25) is 0 Å². The van der Waals surface area contributed by atoms with E-state index in [1.165, 1.54) is 11.3 Å². The zero-order valence-electron chi connectivity index (χ0n) is 20.3. The quantitative estimate of drug-likeness (QED) is 0.555. The van der Waals surface area contributed by atoms with Crippen molar-refractivity contribution in [2.24, 2.45) is 0 Å². The molecule has 1 amide bonds. The van der Waals surface area contributed by atoms with Crippen LogP contribution in [0.2, 0.25) is 0 Å². The van der Waals surface area contributed by atoms with E-state index in [0.717, 1.165) is 37.0 Å². The van der Waals surface area contributed by atoms with Crippen LogP contribution >= 0.6 is 11.3 Å². The second-order valence-electron chi connectivity index (χ2n) is 9.84. The van der Waals surface area contributed by atoms with Gasteiger partial charge in [0.1, 0.15) is 5.67 Å². The summed E-state index contributed by atoms with van der Waals surface area (Å²) in [5, 5.41) is 3.34. The van der Waals surface area contributed by atoms with Gasteiger partial charge in [0.05, 0.1) is 11.3 Å². The molecule has 2 aromatic rings. The molecule has 2 aliphatic rings. The Bertz CT molecular complexity index is 993. The molecule has 3 heterocycles. The maximum Gasteiger partial charge on any atom is 0.278 e. The minimum atomic E-state index is -2.88. The molecule has 0 aromatic carbocycles. The van der Waals surface area contributed by atoms with Gasteiger partial charge in [0, 0.05) is 55.8 Å². The summed E-state index contributed by atoms with van der Waals surface area (Å²) in [7, 11) is 0. The number of rotatable bonds is 8. The number of hydrogen-bond acceptors (Lipinski definition) is 6. The van der Waals surface area contributed by atoms with Crippen molar-refractivity contribution in [1.29, 1.82) is 0 Å². The maximum atomic E-state index is 15.5. The summed E-state index contributed by atoms with van der Waals surface area (Å²) in [6.45, 7) is 4.19. The molecular weight excluding hydrogens is 477 g/mol. The smallest absolute Gasteiger partial charge is 0.278 e. The van der Waals surface area contributed by atoms with Crippen LogP contribution < -0.4 is 10.1 Å². The number of thiazole rings is 1. The lowest BCUT2D eigenvalue weighted by molar-refractivity contribution is -0.0230. The summed E-state index contributed by atoms with van der Waals surface area (Å²) in [6, 6.07) is 3.48. The van der Waals surface area contributed by atoms with Crippen molar-refractivity contribution < 1.29 is 22.7 Å². The predicted molar refractivity (Wildman–Crippen MR) is 129 cm³/mol. The third kappa shape index (κ3) is 7.16. The molecular formula is C25H33F3N4O2S. The van der Waals surface area contributed by atoms with Gasteiger partial charge in [-0.3, -0.25) is 9.78 Å². The third-order valence-electron chi connectivity index (χ3n) is 6.87. The number of hydrogen-bond donors (Lipinski definition) is 1. The van der Waals surface area contributed by atoms with Crippen LogP contribution in [0.15, 0.2) is 18.3 Å². The third-order valence-corrected chi connectivity index (χ3v) is 7.94. The fourth-order valence-electron chi connectivity index (χ4n) is 4.73. The minimum absolute atomic E-state index is 0.0182. The number of fused-ring (bicyclic) bond motifs is 1. The predicted octanol–water partition coefficient (Wildman–Crippen LogP) is 4.75. The SMILES string of the molecule is Cc1ncccc1C(=O)N[C@H]1CC[C@](F)(CCN2CCc3nc(OCC(C)(F)F)sc3CC2)CC1. The van der Waals surface area contributed by atoms with Crippen molar-refractivity contribution in [2.75, 3.05) is 26.2 Å². The molecule has 4 rings (SSSR count). The van der Waals surface area contributed by atoms with Crippen LogP contribution in [0.25, 0.3) is 0 Å². The first-order valence-electron chi connectivity index (χ1n) is 12.2. The summed E-state index contributed by atoms with van der Waals surface area (Å²) in [6.07, 6.45) is 5.73. The van der Waals surface area contributed by atoms with Crippen LogP contribution in [0.3, 0.4) is 0 Å². The molecule has 0 unspecified atom stereocenters. The van der Waals surface area contributed by atoms with Gasteiger partial charge in [0.25, 0.3) is 17.0 Å². The number of aryl methyl sites for hydroxylation is 1. The van der Waals surface area contributed by atoms with E-state index < -0.39 is 18.2 Å². The van der Waals surface area contributed by atoms with Gasteiger partial charge in [-0.1, -0.05) is 11.3 Å². The highest BCUT2D eigenvalue weighted by molar-refractivity contribution is 7.13. The van der Waals surface area contributed by atoms with E-state index in [4.69, 9.17) is 4.74 Å². The highest BCUT2D eigenvalue weighted by Gasteiger charge is 2.36. The van der Waals surface area contributed by atoms with Crippen LogP contribution in [0.5, 0.6) is 5.19 Å². The highest BCUT2D eigenvalue weighted by atomic mass is 32.1. The molecule has 1 N–H and O–H groups in total. The van der Waals surface area contributed by atoms with E-state index in [0.29, 0.717) is 61.5 Å². The number of amides is 1.